The number of urea groups is 1. The van der Waals surface area contributed by atoms with Crippen LogP contribution < -0.4 is 5.32 Å². The van der Waals surface area contributed by atoms with Crippen LogP contribution in [0.5, 0.6) is 0 Å². The lowest BCUT2D eigenvalue weighted by Gasteiger charge is -2.24. The smallest absolute Gasteiger partial charge is 0.337 e. The van der Waals surface area contributed by atoms with Crippen LogP contribution in [0.4, 0.5) is 23.7 Å². The first-order chi connectivity index (χ1) is 15.2. The van der Waals surface area contributed by atoms with Gasteiger partial charge in [-0.2, -0.15) is 13.2 Å². The lowest BCUT2D eigenvalue weighted by atomic mass is 10.0. The molecule has 0 spiro atoms. The van der Waals surface area contributed by atoms with Gasteiger partial charge in [-0.05, 0) is 47.7 Å². The van der Waals surface area contributed by atoms with Crippen molar-refractivity contribution in [3.63, 3.8) is 0 Å². The van der Waals surface area contributed by atoms with Gasteiger partial charge in [-0.1, -0.05) is 38.1 Å². The summed E-state index contributed by atoms with van der Waals surface area (Å²) in [4.78, 5) is 18.6. The van der Waals surface area contributed by atoms with Crippen LogP contribution in [0.2, 0.25) is 0 Å². The van der Waals surface area contributed by atoms with E-state index in [0.717, 1.165) is 12.1 Å². The molecule has 1 heterocycles. The minimum absolute atomic E-state index is 0.206. The second kappa shape index (κ2) is 10.3. The number of nitrogens with one attached hydrogen (secondary N) is 1. The molecule has 0 saturated heterocycles. The van der Waals surface area contributed by atoms with Crippen LogP contribution in [-0.4, -0.2) is 27.0 Å². The molecule has 2 aromatic carbocycles. The highest BCUT2D eigenvalue weighted by Crippen LogP contribution is 2.29. The van der Waals surface area contributed by atoms with Gasteiger partial charge in [-0.3, -0.25) is 0 Å². The highest BCUT2D eigenvalue weighted by molar-refractivity contribution is 5.89. The second-order valence-electron chi connectivity index (χ2n) is 7.98. The Morgan fingerprint density at radius 2 is 1.78 bits per heavy atom. The maximum Gasteiger partial charge on any atom is 0.416 e. The van der Waals surface area contributed by atoms with E-state index in [9.17, 15) is 18.0 Å². The summed E-state index contributed by atoms with van der Waals surface area (Å²) in [6, 6.07) is 12.3. The fourth-order valence-corrected chi connectivity index (χ4v) is 3.29. The fourth-order valence-electron chi connectivity index (χ4n) is 3.29. The van der Waals surface area contributed by atoms with Crippen molar-refractivity contribution in [1.29, 1.82) is 0 Å². The summed E-state index contributed by atoms with van der Waals surface area (Å²) in [5.74, 6) is 0.388. The van der Waals surface area contributed by atoms with Crippen LogP contribution in [0.15, 0.2) is 67.3 Å². The van der Waals surface area contributed by atoms with E-state index >= 15 is 0 Å². The zero-order valence-electron chi connectivity index (χ0n) is 18.1. The van der Waals surface area contributed by atoms with Crippen molar-refractivity contribution in [3.8, 4) is 0 Å². The van der Waals surface area contributed by atoms with E-state index in [0.29, 0.717) is 36.7 Å². The molecule has 5 nitrogen and oxygen atoms in total. The van der Waals surface area contributed by atoms with Crippen molar-refractivity contribution >= 4 is 11.7 Å². The predicted octanol–water partition coefficient (Wildman–Crippen LogP) is 6.15. The molecular formula is C24H27F3N4O. The van der Waals surface area contributed by atoms with Crippen LogP contribution >= 0.6 is 0 Å². The van der Waals surface area contributed by atoms with E-state index in [1.165, 1.54) is 17.7 Å². The van der Waals surface area contributed by atoms with Gasteiger partial charge in [0, 0.05) is 37.7 Å². The third-order valence-corrected chi connectivity index (χ3v) is 5.17. The Kier molecular flexibility index (Phi) is 7.56. The zero-order valence-corrected chi connectivity index (χ0v) is 18.1. The molecule has 8 heteroatoms. The fraction of sp³-hybridized carbons (Fsp3) is 0.333. The van der Waals surface area contributed by atoms with Crippen LogP contribution in [0, 0.1) is 0 Å². The van der Waals surface area contributed by atoms with Crippen LogP contribution in [-0.2, 0) is 19.3 Å². The van der Waals surface area contributed by atoms with Gasteiger partial charge in [0.25, 0.3) is 0 Å². The average Bonchev–Trinajstić information content (AvgIpc) is 3.26. The maximum atomic E-state index is 13.0. The molecule has 0 fully saturated rings. The van der Waals surface area contributed by atoms with Gasteiger partial charge < -0.3 is 14.8 Å². The summed E-state index contributed by atoms with van der Waals surface area (Å²) in [6.45, 7) is 5.52. The Bertz CT molecular complexity index is 982. The normalized spacial score (nSPS) is 11.6. The van der Waals surface area contributed by atoms with E-state index in [1.807, 2.05) is 35.0 Å². The van der Waals surface area contributed by atoms with Gasteiger partial charge in [-0.25, -0.2) is 9.78 Å². The molecule has 3 rings (SSSR count). The molecule has 170 valence electrons. The first-order valence-corrected chi connectivity index (χ1v) is 10.5. The molecule has 32 heavy (non-hydrogen) atoms. The molecule has 1 aromatic heterocycles. The number of carbonyl (C=O) groups is 1. The number of alkyl halides is 3. The van der Waals surface area contributed by atoms with E-state index in [4.69, 9.17) is 0 Å². The largest absolute Gasteiger partial charge is 0.416 e. The summed E-state index contributed by atoms with van der Waals surface area (Å²) in [5.41, 5.74) is 1.77. The first-order valence-electron chi connectivity index (χ1n) is 10.5. The minimum atomic E-state index is -4.39. The van der Waals surface area contributed by atoms with Crippen molar-refractivity contribution in [2.45, 2.75) is 45.5 Å². The van der Waals surface area contributed by atoms with E-state index in [1.54, 1.807) is 17.4 Å². The highest BCUT2D eigenvalue weighted by atomic mass is 19.4. The average molecular weight is 445 g/mol. The number of benzene rings is 2. The molecule has 3 aromatic rings. The Balaban J connectivity index is 1.69. The van der Waals surface area contributed by atoms with Gasteiger partial charge in [0.1, 0.15) is 0 Å². The number of hydrogen-bond donors (Lipinski definition) is 1. The third kappa shape index (κ3) is 6.60. The summed E-state index contributed by atoms with van der Waals surface area (Å²) in [5, 5.41) is 2.90. The van der Waals surface area contributed by atoms with Crippen molar-refractivity contribution in [1.82, 2.24) is 14.5 Å². The van der Waals surface area contributed by atoms with Crippen molar-refractivity contribution < 1.29 is 18.0 Å². The second-order valence-corrected chi connectivity index (χ2v) is 7.98. The van der Waals surface area contributed by atoms with Crippen LogP contribution in [0.25, 0.3) is 0 Å². The standard InChI is InChI=1S/C24H27F3N4O/c1-18(2)20-6-10-22(11-7-20)29-23(32)31(14-3-13-30-15-12-28-17-30)16-19-4-8-21(9-5-19)24(25,26)27/h4-12,15,17-18H,3,13-14,16H2,1-2H3,(H,29,32). The lowest BCUT2D eigenvalue weighted by Crippen LogP contribution is -2.35. The molecule has 0 saturated carbocycles. The third-order valence-electron chi connectivity index (χ3n) is 5.17. The lowest BCUT2D eigenvalue weighted by molar-refractivity contribution is -0.137. The quantitative estimate of drug-likeness (QED) is 0.453. The van der Waals surface area contributed by atoms with Gasteiger partial charge in [0.05, 0.1) is 11.9 Å². The SMILES string of the molecule is CC(C)c1ccc(NC(=O)N(CCCn2ccnc2)Cc2ccc(C(F)(F)F)cc2)cc1. The molecule has 0 aliphatic carbocycles. The highest BCUT2D eigenvalue weighted by Gasteiger charge is 2.30. The number of aromatic nitrogens is 2. The molecule has 2 amide bonds. The molecule has 0 atom stereocenters. The number of aryl methyl sites for hydroxylation is 1. The maximum absolute atomic E-state index is 13.0. The molecule has 0 radical (unpaired) electrons. The number of anilines is 1. The zero-order chi connectivity index (χ0) is 23.1. The van der Waals surface area contributed by atoms with Crippen LogP contribution in [0.3, 0.4) is 0 Å². The Morgan fingerprint density at radius 1 is 1.09 bits per heavy atom. The van der Waals surface area contributed by atoms with Crippen molar-refractivity contribution in [3.05, 3.63) is 83.9 Å². The number of halogens is 3. The topological polar surface area (TPSA) is 50.2 Å². The summed E-state index contributed by atoms with van der Waals surface area (Å²) in [6.07, 6.45) is 1.53. The van der Waals surface area contributed by atoms with Crippen molar-refractivity contribution in [2.75, 3.05) is 11.9 Å². The van der Waals surface area contributed by atoms with Gasteiger partial charge in [-0.15, -0.1) is 0 Å². The molecule has 0 aliphatic heterocycles. The number of rotatable bonds is 8. The van der Waals surface area contributed by atoms with Crippen molar-refractivity contribution in [2.24, 2.45) is 0 Å². The molecule has 1 N–H and O–H groups in total. The summed E-state index contributed by atoms with van der Waals surface area (Å²) < 4.78 is 40.5. The van der Waals surface area contributed by atoms with E-state index in [2.05, 4.69) is 24.1 Å². The van der Waals surface area contributed by atoms with Gasteiger partial charge in [0.2, 0.25) is 0 Å². The molecule has 0 aliphatic rings. The number of nitrogens with zero attached hydrogens (tertiary/aromatic N) is 3. The number of carbonyl (C=O) groups excluding carboxylic acids is 1. The molecule has 0 bridgehead atoms. The molecule has 0 unspecified atom stereocenters. The summed E-state index contributed by atoms with van der Waals surface area (Å²) in [7, 11) is 0. The van der Waals surface area contributed by atoms with Gasteiger partial charge >= 0.3 is 12.2 Å². The number of imidazole rings is 1. The Morgan fingerprint density at radius 3 is 2.34 bits per heavy atom. The molecular weight excluding hydrogens is 417 g/mol. The summed E-state index contributed by atoms with van der Waals surface area (Å²) >= 11 is 0. The first kappa shape index (κ1) is 23.4. The van der Waals surface area contributed by atoms with Crippen LogP contribution in [0.1, 0.15) is 42.9 Å². The number of amides is 2. The predicted molar refractivity (Wildman–Crippen MR) is 118 cm³/mol. The Hall–Kier alpha value is -3.29. The van der Waals surface area contributed by atoms with E-state index in [-0.39, 0.29) is 12.6 Å². The Labute approximate surface area is 185 Å². The number of hydrogen-bond acceptors (Lipinski definition) is 2. The van der Waals surface area contributed by atoms with E-state index < -0.39 is 11.7 Å². The minimum Gasteiger partial charge on any atom is -0.337 e. The van der Waals surface area contributed by atoms with Gasteiger partial charge in [0.15, 0.2) is 0 Å². The monoisotopic (exact) mass is 444 g/mol.